The molecule has 0 bridgehead atoms. The summed E-state index contributed by atoms with van der Waals surface area (Å²) in [6, 6.07) is 13.7. The van der Waals surface area contributed by atoms with Crippen molar-refractivity contribution in [1.29, 1.82) is 0 Å². The SMILES string of the molecule is Cc1cc(N2CCOCC2)ccc1/C=N\NC(=O)c1cccc(N(C)C)c1. The molecule has 6 heteroatoms. The highest BCUT2D eigenvalue weighted by atomic mass is 16.5. The first-order valence-corrected chi connectivity index (χ1v) is 9.09. The van der Waals surface area contributed by atoms with Crippen molar-refractivity contribution in [2.45, 2.75) is 6.92 Å². The Kier molecular flexibility index (Phi) is 6.08. The van der Waals surface area contributed by atoms with Crippen LogP contribution in [0.4, 0.5) is 11.4 Å². The fourth-order valence-corrected chi connectivity index (χ4v) is 2.97. The van der Waals surface area contributed by atoms with Crippen LogP contribution in [0.2, 0.25) is 0 Å². The lowest BCUT2D eigenvalue weighted by molar-refractivity contribution is 0.0955. The molecule has 0 unspecified atom stereocenters. The molecule has 1 saturated heterocycles. The summed E-state index contributed by atoms with van der Waals surface area (Å²) in [5.41, 5.74) is 7.45. The molecular weight excluding hydrogens is 340 g/mol. The Morgan fingerprint density at radius 2 is 1.96 bits per heavy atom. The predicted octanol–water partition coefficient (Wildman–Crippen LogP) is 2.66. The normalized spacial score (nSPS) is 14.4. The highest BCUT2D eigenvalue weighted by Crippen LogP contribution is 2.19. The lowest BCUT2D eigenvalue weighted by atomic mass is 10.1. The van der Waals surface area contributed by atoms with Crippen LogP contribution in [0.3, 0.4) is 0 Å². The Morgan fingerprint density at radius 1 is 1.19 bits per heavy atom. The van der Waals surface area contributed by atoms with E-state index in [9.17, 15) is 4.79 Å². The molecular formula is C21H26N4O2. The van der Waals surface area contributed by atoms with E-state index in [1.807, 2.05) is 50.2 Å². The molecule has 0 radical (unpaired) electrons. The number of morpholine rings is 1. The quantitative estimate of drug-likeness (QED) is 0.653. The Hall–Kier alpha value is -2.86. The van der Waals surface area contributed by atoms with Crippen molar-refractivity contribution in [2.24, 2.45) is 5.10 Å². The number of aryl methyl sites for hydroxylation is 1. The maximum atomic E-state index is 12.3. The summed E-state index contributed by atoms with van der Waals surface area (Å²) in [5.74, 6) is -0.225. The molecule has 1 N–H and O–H groups in total. The second-order valence-electron chi connectivity index (χ2n) is 6.78. The lowest BCUT2D eigenvalue weighted by Gasteiger charge is -2.29. The van der Waals surface area contributed by atoms with Gasteiger partial charge in [-0.1, -0.05) is 12.1 Å². The Labute approximate surface area is 160 Å². The molecule has 6 nitrogen and oxygen atoms in total. The monoisotopic (exact) mass is 366 g/mol. The van der Waals surface area contributed by atoms with Crippen LogP contribution < -0.4 is 15.2 Å². The van der Waals surface area contributed by atoms with E-state index in [2.05, 4.69) is 27.6 Å². The number of ether oxygens (including phenoxy) is 1. The molecule has 1 fully saturated rings. The summed E-state index contributed by atoms with van der Waals surface area (Å²) in [4.78, 5) is 16.6. The van der Waals surface area contributed by atoms with Gasteiger partial charge in [0.2, 0.25) is 0 Å². The maximum Gasteiger partial charge on any atom is 0.271 e. The minimum atomic E-state index is -0.225. The third-order valence-electron chi connectivity index (χ3n) is 4.62. The van der Waals surface area contributed by atoms with E-state index in [4.69, 9.17) is 4.74 Å². The Balaban J connectivity index is 1.64. The second kappa shape index (κ2) is 8.68. The van der Waals surface area contributed by atoms with Gasteiger partial charge in [-0.15, -0.1) is 0 Å². The zero-order valence-corrected chi connectivity index (χ0v) is 16.1. The van der Waals surface area contributed by atoms with E-state index in [-0.39, 0.29) is 5.91 Å². The van der Waals surface area contributed by atoms with Gasteiger partial charge >= 0.3 is 0 Å². The van der Waals surface area contributed by atoms with E-state index >= 15 is 0 Å². The third-order valence-corrected chi connectivity index (χ3v) is 4.62. The second-order valence-corrected chi connectivity index (χ2v) is 6.78. The molecule has 142 valence electrons. The molecule has 1 aliphatic heterocycles. The van der Waals surface area contributed by atoms with Crippen LogP contribution in [0.1, 0.15) is 21.5 Å². The van der Waals surface area contributed by atoms with E-state index < -0.39 is 0 Å². The number of rotatable bonds is 5. The number of hydrogen-bond donors (Lipinski definition) is 1. The van der Waals surface area contributed by atoms with Crippen molar-refractivity contribution in [2.75, 3.05) is 50.2 Å². The number of amides is 1. The summed E-state index contributed by atoms with van der Waals surface area (Å²) in [6.07, 6.45) is 1.69. The molecule has 0 aliphatic carbocycles. The average Bonchev–Trinajstić information content (AvgIpc) is 2.69. The topological polar surface area (TPSA) is 57.2 Å². The van der Waals surface area contributed by atoms with Crippen LogP contribution in [0, 0.1) is 6.92 Å². The molecule has 0 spiro atoms. The summed E-state index contributed by atoms with van der Waals surface area (Å²) in [5, 5.41) is 4.12. The average molecular weight is 366 g/mol. The van der Waals surface area contributed by atoms with E-state index in [1.165, 1.54) is 5.69 Å². The minimum absolute atomic E-state index is 0.225. The number of nitrogens with one attached hydrogen (secondary N) is 1. The van der Waals surface area contributed by atoms with Crippen LogP contribution in [-0.4, -0.2) is 52.5 Å². The van der Waals surface area contributed by atoms with Gasteiger partial charge in [0.05, 0.1) is 19.4 Å². The van der Waals surface area contributed by atoms with Gasteiger partial charge < -0.3 is 14.5 Å². The van der Waals surface area contributed by atoms with Gasteiger partial charge in [-0.3, -0.25) is 4.79 Å². The van der Waals surface area contributed by atoms with Crippen LogP contribution in [0.15, 0.2) is 47.6 Å². The number of carbonyl (C=O) groups is 1. The van der Waals surface area contributed by atoms with Gasteiger partial charge in [-0.05, 0) is 48.4 Å². The highest BCUT2D eigenvalue weighted by molar-refractivity contribution is 5.95. The molecule has 0 atom stereocenters. The van der Waals surface area contributed by atoms with Gasteiger partial charge in [0.1, 0.15) is 0 Å². The minimum Gasteiger partial charge on any atom is -0.378 e. The molecule has 3 rings (SSSR count). The fraction of sp³-hybridized carbons (Fsp3) is 0.333. The number of anilines is 2. The van der Waals surface area contributed by atoms with Crippen molar-refractivity contribution in [3.63, 3.8) is 0 Å². The molecule has 2 aromatic rings. The zero-order chi connectivity index (χ0) is 19.2. The van der Waals surface area contributed by atoms with Gasteiger partial charge in [0.25, 0.3) is 5.91 Å². The van der Waals surface area contributed by atoms with Crippen molar-refractivity contribution in [3.8, 4) is 0 Å². The van der Waals surface area contributed by atoms with Gasteiger partial charge in [0.15, 0.2) is 0 Å². The van der Waals surface area contributed by atoms with E-state index in [1.54, 1.807) is 12.3 Å². The first-order chi connectivity index (χ1) is 13.0. The molecule has 1 heterocycles. The predicted molar refractivity (Wildman–Crippen MR) is 110 cm³/mol. The summed E-state index contributed by atoms with van der Waals surface area (Å²) in [7, 11) is 3.89. The first kappa shape index (κ1) is 18.9. The van der Waals surface area contributed by atoms with E-state index in [0.717, 1.165) is 43.1 Å². The molecule has 0 saturated carbocycles. The van der Waals surface area contributed by atoms with Crippen LogP contribution >= 0.6 is 0 Å². The molecule has 27 heavy (non-hydrogen) atoms. The lowest BCUT2D eigenvalue weighted by Crippen LogP contribution is -2.36. The van der Waals surface area contributed by atoms with Crippen LogP contribution in [0.25, 0.3) is 0 Å². The summed E-state index contributed by atoms with van der Waals surface area (Å²) >= 11 is 0. The summed E-state index contributed by atoms with van der Waals surface area (Å²) < 4.78 is 5.40. The number of carbonyl (C=O) groups excluding carboxylic acids is 1. The molecule has 2 aromatic carbocycles. The Morgan fingerprint density at radius 3 is 2.67 bits per heavy atom. The van der Waals surface area contributed by atoms with Crippen LogP contribution in [0.5, 0.6) is 0 Å². The van der Waals surface area contributed by atoms with Crippen molar-refractivity contribution in [1.82, 2.24) is 5.43 Å². The number of benzene rings is 2. The molecule has 1 aliphatic rings. The number of hydrogen-bond acceptors (Lipinski definition) is 5. The smallest absolute Gasteiger partial charge is 0.271 e. The fourth-order valence-electron chi connectivity index (χ4n) is 2.97. The van der Waals surface area contributed by atoms with Crippen molar-refractivity contribution >= 4 is 23.5 Å². The Bertz CT molecular complexity index is 827. The first-order valence-electron chi connectivity index (χ1n) is 9.09. The van der Waals surface area contributed by atoms with Crippen molar-refractivity contribution in [3.05, 3.63) is 59.2 Å². The number of hydrazone groups is 1. The maximum absolute atomic E-state index is 12.3. The summed E-state index contributed by atoms with van der Waals surface area (Å²) in [6.45, 7) is 5.41. The van der Waals surface area contributed by atoms with Gasteiger partial charge in [-0.2, -0.15) is 5.10 Å². The van der Waals surface area contributed by atoms with Gasteiger partial charge in [0, 0.05) is 44.1 Å². The van der Waals surface area contributed by atoms with E-state index in [0.29, 0.717) is 5.56 Å². The molecule has 1 amide bonds. The highest BCUT2D eigenvalue weighted by Gasteiger charge is 2.12. The van der Waals surface area contributed by atoms with Crippen molar-refractivity contribution < 1.29 is 9.53 Å². The third kappa shape index (κ3) is 4.86. The largest absolute Gasteiger partial charge is 0.378 e. The van der Waals surface area contributed by atoms with Crippen LogP contribution in [-0.2, 0) is 4.74 Å². The molecule has 0 aromatic heterocycles. The van der Waals surface area contributed by atoms with Gasteiger partial charge in [-0.25, -0.2) is 5.43 Å². The standard InChI is InChI=1S/C21H26N4O2/c1-16-13-20(25-9-11-27-12-10-25)8-7-18(16)15-22-23-21(26)17-5-4-6-19(14-17)24(2)3/h4-8,13-15H,9-12H2,1-3H3,(H,23,26)/b22-15-. The number of nitrogens with zero attached hydrogens (tertiary/aromatic N) is 3. The zero-order valence-electron chi connectivity index (χ0n) is 16.1.